The highest BCUT2D eigenvalue weighted by molar-refractivity contribution is 5.66. The summed E-state index contributed by atoms with van der Waals surface area (Å²) in [5.74, 6) is 2.11. The number of rotatable bonds is 18. The minimum atomic E-state index is -0.272. The molecule has 0 fully saturated rings. The Hall–Kier alpha value is -7.52. The van der Waals surface area contributed by atoms with E-state index in [4.69, 9.17) is 18.9 Å². The van der Waals surface area contributed by atoms with Crippen LogP contribution < -0.4 is 4.74 Å². The number of ether oxygens (including phenoxy) is 4. The second-order valence-electron chi connectivity index (χ2n) is 14.5. The second-order valence-corrected chi connectivity index (χ2v) is 14.5. The maximum atomic E-state index is 10.9. The Labute approximate surface area is 384 Å². The molecule has 1 aromatic carbocycles. The van der Waals surface area contributed by atoms with E-state index < -0.39 is 0 Å². The number of esters is 3. The molecule has 0 atom stereocenters. The third-order valence-corrected chi connectivity index (χ3v) is 9.01. The van der Waals surface area contributed by atoms with Crippen molar-refractivity contribution in [1.29, 1.82) is 0 Å². The van der Waals surface area contributed by atoms with E-state index in [0.29, 0.717) is 76.9 Å². The first kappa shape index (κ1) is 52.8. The Morgan fingerprint density at radius 3 is 1.62 bits per heavy atom. The molecule has 0 unspecified atom stereocenters. The average molecular weight is 914 g/mol. The van der Waals surface area contributed by atoms with Gasteiger partial charge in [-0.1, -0.05) is 27.0 Å². The number of carbonyl (C=O) groups excluding carboxylic acids is 3. The first-order valence-electron chi connectivity index (χ1n) is 20.6. The molecule has 0 aliphatic rings. The molecule has 0 aliphatic heterocycles. The molecule has 0 amide bonds. The minimum Gasteiger partial charge on any atom is -0.497 e. The summed E-state index contributed by atoms with van der Waals surface area (Å²) in [7, 11) is 3.47. The fourth-order valence-corrected chi connectivity index (χ4v) is 6.27. The van der Waals surface area contributed by atoms with Gasteiger partial charge in [-0.15, -0.1) is 15.3 Å². The quantitative estimate of drug-likeness (QED) is 0.0625. The predicted octanol–water partition coefficient (Wildman–Crippen LogP) is 5.60. The Kier molecular flexibility index (Phi) is 21.1. The van der Waals surface area contributed by atoms with Crippen molar-refractivity contribution in [2.45, 2.75) is 102 Å². The molecule has 66 heavy (non-hydrogen) atoms. The van der Waals surface area contributed by atoms with E-state index >= 15 is 0 Å². The van der Waals surface area contributed by atoms with Crippen LogP contribution in [0.2, 0.25) is 0 Å². The summed E-state index contributed by atoms with van der Waals surface area (Å²) >= 11 is 0. The molecule has 0 aliphatic carbocycles. The number of aromatic nitrogens is 15. The van der Waals surface area contributed by atoms with Crippen LogP contribution in [0.1, 0.15) is 77.5 Å². The van der Waals surface area contributed by atoms with Gasteiger partial charge >= 0.3 is 17.9 Å². The van der Waals surface area contributed by atoms with Crippen molar-refractivity contribution in [3.8, 4) is 40.3 Å². The molecule has 0 radical (unpaired) electrons. The van der Waals surface area contributed by atoms with Gasteiger partial charge in [0.2, 0.25) is 0 Å². The fourth-order valence-electron chi connectivity index (χ4n) is 6.27. The molecule has 22 nitrogen and oxygen atoms in total. The van der Waals surface area contributed by atoms with Crippen molar-refractivity contribution in [1.82, 2.24) is 74.1 Å². The molecule has 0 saturated carbocycles. The molecule has 6 heterocycles. The first-order valence-corrected chi connectivity index (χ1v) is 20.6. The lowest BCUT2D eigenvalue weighted by Crippen LogP contribution is -2.10. The van der Waals surface area contributed by atoms with Gasteiger partial charge in [0.1, 0.15) is 41.8 Å². The van der Waals surface area contributed by atoms with E-state index in [2.05, 4.69) is 50.8 Å². The lowest BCUT2D eigenvalue weighted by molar-refractivity contribution is -0.142. The number of nitrogens with one attached hydrogen (secondary N) is 1. The number of aromatic amines is 1. The zero-order valence-corrected chi connectivity index (χ0v) is 37.5. The van der Waals surface area contributed by atoms with Crippen molar-refractivity contribution < 1.29 is 33.3 Å². The van der Waals surface area contributed by atoms with Gasteiger partial charge in [0.15, 0.2) is 17.5 Å². The lowest BCUT2D eigenvalue weighted by Gasteiger charge is -2.10. The van der Waals surface area contributed by atoms with Crippen LogP contribution in [-0.4, -0.2) is 119 Å². The first-order chi connectivity index (χ1) is 30.8. The lowest BCUT2D eigenvalue weighted by atomic mass is 10.2. The smallest absolute Gasteiger partial charge is 0.302 e. The monoisotopic (exact) mass is 914 g/mol. The van der Waals surface area contributed by atoms with Crippen LogP contribution in [0.3, 0.4) is 0 Å². The third kappa shape index (κ3) is 16.2. The summed E-state index contributed by atoms with van der Waals surface area (Å²) in [5.41, 5.74) is 6.49. The highest BCUT2D eigenvalue weighted by atomic mass is 16.5. The molecule has 1 N–H and O–H groups in total. The topological polar surface area (TPSA) is 245 Å². The Balaban J connectivity index is 0.000000266. The molecule has 6 aromatic heterocycles. The predicted molar refractivity (Wildman–Crippen MR) is 245 cm³/mol. The summed E-state index contributed by atoms with van der Waals surface area (Å²) in [6.07, 6.45) is 6.93. The van der Waals surface area contributed by atoms with Crippen LogP contribution in [0.15, 0.2) is 61.4 Å². The summed E-state index contributed by atoms with van der Waals surface area (Å²) in [6.45, 7) is 13.7. The number of benzene rings is 1. The van der Waals surface area contributed by atoms with Gasteiger partial charge in [0.05, 0.1) is 50.6 Å². The molecule has 356 valence electrons. The molecular formula is C44H63N15O7. The number of H-pyrrole nitrogens is 1. The molecule has 22 heteroatoms. The number of methoxy groups -OCH3 is 1. The SMILES string of the molecule is C.C.CC(=O)OCCCn1nc(C)cc1-c1ncn(C)n1.CC(=O)OCCCn1nc(C)cc1-c1ncn[nH]1.COc1ccc(Cn2cnnc2-c2cc(C)nn2CCCOC(C)=O)cc1. The largest absolute Gasteiger partial charge is 0.497 e. The van der Waals surface area contributed by atoms with Gasteiger partial charge in [-0.05, 0) is 56.7 Å². The van der Waals surface area contributed by atoms with Crippen molar-refractivity contribution in [2.24, 2.45) is 7.05 Å². The van der Waals surface area contributed by atoms with Crippen molar-refractivity contribution in [2.75, 3.05) is 26.9 Å². The number of nitrogens with zero attached hydrogens (tertiary/aromatic N) is 14. The van der Waals surface area contributed by atoms with Gasteiger partial charge < -0.3 is 23.5 Å². The van der Waals surface area contributed by atoms with Gasteiger partial charge in [0, 0.05) is 66.7 Å². The number of hydrogen-bond acceptors (Lipinski definition) is 16. The van der Waals surface area contributed by atoms with E-state index in [9.17, 15) is 14.4 Å². The molecule has 0 spiro atoms. The van der Waals surface area contributed by atoms with Crippen LogP contribution >= 0.6 is 0 Å². The summed E-state index contributed by atoms with van der Waals surface area (Å²) in [4.78, 5) is 40.6. The normalized spacial score (nSPS) is 10.4. The van der Waals surface area contributed by atoms with E-state index in [1.807, 2.05) is 88.9 Å². The zero-order chi connectivity index (χ0) is 46.0. The molecule has 7 aromatic rings. The fraction of sp³-hybridized carbons (Fsp3) is 0.455. The van der Waals surface area contributed by atoms with E-state index in [-0.39, 0.29) is 32.8 Å². The molecule has 7 rings (SSSR count). The number of hydrogen-bond donors (Lipinski definition) is 1. The Morgan fingerprint density at radius 2 is 1.15 bits per heavy atom. The van der Waals surface area contributed by atoms with Crippen LogP contribution in [0.4, 0.5) is 0 Å². The van der Waals surface area contributed by atoms with Crippen LogP contribution in [0.25, 0.3) is 34.6 Å². The number of carbonyl (C=O) groups is 3. The Morgan fingerprint density at radius 1 is 0.652 bits per heavy atom. The summed E-state index contributed by atoms with van der Waals surface area (Å²) < 4.78 is 29.2. The summed E-state index contributed by atoms with van der Waals surface area (Å²) in [6, 6.07) is 13.8. The Bertz CT molecular complexity index is 2530. The van der Waals surface area contributed by atoms with E-state index in [0.717, 1.165) is 51.3 Å². The van der Waals surface area contributed by atoms with Gasteiger partial charge in [-0.2, -0.15) is 20.4 Å². The summed E-state index contributed by atoms with van der Waals surface area (Å²) in [5, 5.41) is 32.6. The zero-order valence-electron chi connectivity index (χ0n) is 37.5. The van der Waals surface area contributed by atoms with Gasteiger partial charge in [-0.3, -0.25) is 38.2 Å². The highest BCUT2D eigenvalue weighted by Crippen LogP contribution is 2.21. The van der Waals surface area contributed by atoms with Crippen molar-refractivity contribution in [3.05, 3.63) is 84.1 Å². The maximum Gasteiger partial charge on any atom is 0.302 e. The van der Waals surface area contributed by atoms with Crippen LogP contribution in [-0.2, 0) is 61.8 Å². The standard InChI is InChI=1S/C19H23N5O3.C12H17N5O2.C11H15N5O2.2CH4/c1-14-11-18(24(22-14)9-4-10-27-15(2)25)19-21-20-13-23(19)12-16-5-7-17(26-3)8-6-16;1-9-7-11(12-13-8-16(3)15-12)17(14-9)5-4-6-19-10(2)18;1-8-6-10(11-12-7-13-14-11)16(15-8)4-3-5-18-9(2)17;;/h5-8,11,13H,4,9-10,12H2,1-3H3;7-8H,4-6H2,1-3H3;6-7H,3-5H2,1-2H3,(H,12,13,14);2*1H4. The van der Waals surface area contributed by atoms with Crippen LogP contribution in [0, 0.1) is 20.8 Å². The second kappa shape index (κ2) is 26.3. The molecular weight excluding hydrogens is 851 g/mol. The molecule has 0 bridgehead atoms. The third-order valence-electron chi connectivity index (χ3n) is 9.01. The van der Waals surface area contributed by atoms with Crippen molar-refractivity contribution >= 4 is 17.9 Å². The number of aryl methyl sites for hydroxylation is 7. The maximum absolute atomic E-state index is 10.9. The molecule has 0 saturated heterocycles. The van der Waals surface area contributed by atoms with E-state index in [1.54, 1.807) is 24.4 Å². The highest BCUT2D eigenvalue weighted by Gasteiger charge is 2.16. The van der Waals surface area contributed by atoms with Crippen LogP contribution in [0.5, 0.6) is 5.75 Å². The van der Waals surface area contributed by atoms with Crippen molar-refractivity contribution in [3.63, 3.8) is 0 Å². The minimum absolute atomic E-state index is 0. The van der Waals surface area contributed by atoms with E-state index in [1.165, 1.54) is 27.1 Å². The van der Waals surface area contributed by atoms with Gasteiger partial charge in [0.25, 0.3) is 0 Å². The van der Waals surface area contributed by atoms with Gasteiger partial charge in [-0.25, -0.2) is 9.97 Å². The average Bonchev–Trinajstić information content (AvgIpc) is 4.13.